The fourth-order valence-corrected chi connectivity index (χ4v) is 7.44. The Labute approximate surface area is 217 Å². The summed E-state index contributed by atoms with van der Waals surface area (Å²) < 4.78 is 5.51. The zero-order chi connectivity index (χ0) is 25.1. The molecule has 2 aromatic heterocycles. The predicted molar refractivity (Wildman–Crippen MR) is 146 cm³/mol. The number of nitrogens with one attached hydrogen (secondary N) is 3. The predicted octanol–water partition coefficient (Wildman–Crippen LogP) is 5.19. The summed E-state index contributed by atoms with van der Waals surface area (Å²) in [6.07, 6.45) is 5.15. The summed E-state index contributed by atoms with van der Waals surface area (Å²) in [6.45, 7) is 4.91. The molecule has 0 spiro atoms. The van der Waals surface area contributed by atoms with Gasteiger partial charge in [0.2, 0.25) is 0 Å². The third-order valence-electron chi connectivity index (χ3n) is 9.14. The maximum atomic E-state index is 13.6. The minimum atomic E-state index is -0.305. The molecule has 0 bridgehead atoms. The van der Waals surface area contributed by atoms with Gasteiger partial charge in [0.05, 0.1) is 25.1 Å². The van der Waals surface area contributed by atoms with Crippen LogP contribution in [0.1, 0.15) is 47.9 Å². The second kappa shape index (κ2) is 8.89. The number of ether oxygens (including phenoxy) is 1. The number of esters is 1. The minimum absolute atomic E-state index is 0.0888. The number of fused-ring (bicyclic) bond motifs is 8. The average Bonchev–Trinajstić information content (AvgIpc) is 3.52. The first-order valence-corrected chi connectivity index (χ1v) is 13.6. The molecular weight excluding hydrogens is 460 g/mol. The van der Waals surface area contributed by atoms with Crippen molar-refractivity contribution in [2.24, 2.45) is 11.8 Å². The molecule has 0 saturated carbocycles. The second-order valence-electron chi connectivity index (χ2n) is 10.8. The van der Waals surface area contributed by atoms with Crippen LogP contribution in [0.5, 0.6) is 0 Å². The van der Waals surface area contributed by atoms with Crippen molar-refractivity contribution >= 4 is 27.8 Å². The molecule has 3 N–H and O–H groups in total. The Morgan fingerprint density at radius 1 is 1.00 bits per heavy atom. The number of hydrogen-bond donors (Lipinski definition) is 3. The summed E-state index contributed by atoms with van der Waals surface area (Å²) >= 11 is 0. The van der Waals surface area contributed by atoms with Crippen LogP contribution in [0.2, 0.25) is 0 Å². The molecule has 6 heteroatoms. The molecule has 7 rings (SSSR count). The first kappa shape index (κ1) is 22.8. The monoisotopic (exact) mass is 494 g/mol. The number of rotatable bonds is 3. The van der Waals surface area contributed by atoms with Crippen LogP contribution in [-0.2, 0) is 22.4 Å². The minimum Gasteiger partial charge on any atom is -0.469 e. The Morgan fingerprint density at radius 3 is 2.38 bits per heavy atom. The van der Waals surface area contributed by atoms with E-state index in [1.807, 2.05) is 0 Å². The SMILES string of the molecule is CC=C1CN2CCc3c([nH]c4ccccc34)C2CC1C(C(=O)OC)C1NCCc2c1[nH]c1ccccc21. The molecule has 190 valence electrons. The number of H-pyrrole nitrogens is 2. The van der Waals surface area contributed by atoms with Crippen molar-refractivity contribution in [2.75, 3.05) is 26.7 Å². The van der Waals surface area contributed by atoms with E-state index in [9.17, 15) is 4.79 Å². The summed E-state index contributed by atoms with van der Waals surface area (Å²) in [6, 6.07) is 17.3. The highest BCUT2D eigenvalue weighted by atomic mass is 16.5. The third-order valence-corrected chi connectivity index (χ3v) is 9.14. The lowest BCUT2D eigenvalue weighted by molar-refractivity contribution is -0.149. The van der Waals surface area contributed by atoms with Gasteiger partial charge < -0.3 is 20.0 Å². The topological polar surface area (TPSA) is 73.2 Å². The fraction of sp³-hybridized carbons (Fsp3) is 0.387. The van der Waals surface area contributed by atoms with E-state index in [4.69, 9.17) is 4.74 Å². The highest BCUT2D eigenvalue weighted by Crippen LogP contribution is 2.48. The smallest absolute Gasteiger partial charge is 0.311 e. The molecular formula is C31H34N4O2. The van der Waals surface area contributed by atoms with Crippen molar-refractivity contribution in [1.29, 1.82) is 0 Å². The van der Waals surface area contributed by atoms with E-state index in [1.165, 1.54) is 45.8 Å². The van der Waals surface area contributed by atoms with E-state index in [0.29, 0.717) is 0 Å². The molecule has 0 radical (unpaired) electrons. The highest BCUT2D eigenvalue weighted by Gasteiger charge is 2.47. The Kier molecular flexibility index (Phi) is 5.48. The van der Waals surface area contributed by atoms with Gasteiger partial charge in [0.1, 0.15) is 0 Å². The van der Waals surface area contributed by atoms with E-state index in [0.717, 1.165) is 50.1 Å². The molecule has 6 nitrogen and oxygen atoms in total. The first-order chi connectivity index (χ1) is 18.2. The van der Waals surface area contributed by atoms with Crippen LogP contribution in [0.25, 0.3) is 21.8 Å². The summed E-state index contributed by atoms with van der Waals surface area (Å²) in [7, 11) is 1.53. The summed E-state index contributed by atoms with van der Waals surface area (Å²) in [5.74, 6) is -0.347. The lowest BCUT2D eigenvalue weighted by Gasteiger charge is -2.46. The maximum Gasteiger partial charge on any atom is 0.311 e. The van der Waals surface area contributed by atoms with Crippen LogP contribution in [0.15, 0.2) is 60.2 Å². The number of hydrogen-bond acceptors (Lipinski definition) is 4. The summed E-state index contributed by atoms with van der Waals surface area (Å²) in [4.78, 5) is 23.7. The van der Waals surface area contributed by atoms with E-state index >= 15 is 0 Å². The van der Waals surface area contributed by atoms with E-state index < -0.39 is 0 Å². The van der Waals surface area contributed by atoms with Crippen LogP contribution >= 0.6 is 0 Å². The zero-order valence-corrected chi connectivity index (χ0v) is 21.5. The molecule has 5 heterocycles. The number of nitrogens with zero attached hydrogens (tertiary/aromatic N) is 1. The molecule has 4 aromatic rings. The summed E-state index contributed by atoms with van der Waals surface area (Å²) in [5.41, 5.74) is 8.96. The van der Waals surface area contributed by atoms with E-state index in [1.54, 1.807) is 0 Å². The molecule has 37 heavy (non-hydrogen) atoms. The van der Waals surface area contributed by atoms with Gasteiger partial charge >= 0.3 is 5.97 Å². The number of aromatic nitrogens is 2. The van der Waals surface area contributed by atoms with E-state index in [2.05, 4.69) is 81.7 Å². The molecule has 2 aromatic carbocycles. The Bertz CT molecular complexity index is 1530. The van der Waals surface area contributed by atoms with Gasteiger partial charge in [0, 0.05) is 46.3 Å². The Morgan fingerprint density at radius 2 is 1.68 bits per heavy atom. The third kappa shape index (κ3) is 3.50. The zero-order valence-electron chi connectivity index (χ0n) is 21.5. The van der Waals surface area contributed by atoms with Crippen molar-refractivity contribution < 1.29 is 9.53 Å². The Balaban J connectivity index is 1.32. The van der Waals surface area contributed by atoms with Crippen molar-refractivity contribution in [3.8, 4) is 0 Å². The van der Waals surface area contributed by atoms with E-state index in [-0.39, 0.29) is 29.9 Å². The summed E-state index contributed by atoms with van der Waals surface area (Å²) in [5, 5.41) is 6.33. The molecule has 4 unspecified atom stereocenters. The molecule has 1 fully saturated rings. The van der Waals surface area contributed by atoms with Gasteiger partial charge in [-0.25, -0.2) is 0 Å². The number of carbonyl (C=O) groups excluding carboxylic acids is 1. The average molecular weight is 495 g/mol. The number of para-hydroxylation sites is 2. The number of carbonyl (C=O) groups is 1. The molecule has 0 aliphatic carbocycles. The molecule has 4 atom stereocenters. The molecule has 3 aliphatic rings. The maximum absolute atomic E-state index is 13.6. The first-order valence-electron chi connectivity index (χ1n) is 13.6. The lowest BCUT2D eigenvalue weighted by atomic mass is 9.71. The van der Waals surface area contributed by atoms with Gasteiger partial charge in [0.15, 0.2) is 0 Å². The standard InChI is InChI=1S/C31H34N4O2/c1-3-18-17-35-15-13-22-20-9-5-6-10-24(20)33-28(22)26(35)16-23(18)27(31(36)37-2)30-29-21(12-14-32-30)19-8-4-7-11-25(19)34-29/h3-11,23,26-27,30,32-34H,12-17H2,1-2H3. The van der Waals surface area contributed by atoms with Gasteiger partial charge in [-0.2, -0.15) is 0 Å². The number of aromatic amines is 2. The van der Waals surface area contributed by atoms with Crippen LogP contribution in [0, 0.1) is 11.8 Å². The van der Waals surface area contributed by atoms with Crippen LogP contribution in [-0.4, -0.2) is 47.6 Å². The van der Waals surface area contributed by atoms with Crippen molar-refractivity contribution in [3.63, 3.8) is 0 Å². The van der Waals surface area contributed by atoms with Gasteiger partial charge in [-0.15, -0.1) is 0 Å². The van der Waals surface area contributed by atoms with Crippen molar-refractivity contribution in [2.45, 2.75) is 38.3 Å². The number of piperidine rings is 1. The van der Waals surface area contributed by atoms with Crippen molar-refractivity contribution in [3.05, 3.63) is 82.7 Å². The molecule has 1 saturated heterocycles. The van der Waals surface area contributed by atoms with Crippen LogP contribution in [0.3, 0.4) is 0 Å². The molecule has 0 amide bonds. The van der Waals surface area contributed by atoms with Gasteiger partial charge in [0.25, 0.3) is 0 Å². The highest BCUT2D eigenvalue weighted by molar-refractivity contribution is 5.86. The van der Waals surface area contributed by atoms with Gasteiger partial charge in [-0.3, -0.25) is 9.69 Å². The van der Waals surface area contributed by atoms with Crippen LogP contribution < -0.4 is 5.32 Å². The largest absolute Gasteiger partial charge is 0.469 e. The lowest BCUT2D eigenvalue weighted by Crippen LogP contribution is -2.49. The quantitative estimate of drug-likeness (QED) is 0.271. The van der Waals surface area contributed by atoms with Gasteiger partial charge in [-0.05, 0) is 61.9 Å². The normalized spacial score (nSPS) is 25.6. The van der Waals surface area contributed by atoms with Crippen LogP contribution in [0.4, 0.5) is 0 Å². The number of methoxy groups -OCH3 is 1. The molecule has 3 aliphatic heterocycles. The second-order valence-corrected chi connectivity index (χ2v) is 10.8. The van der Waals surface area contributed by atoms with Crippen molar-refractivity contribution in [1.82, 2.24) is 20.2 Å². The number of benzene rings is 2. The fourth-order valence-electron chi connectivity index (χ4n) is 7.44. The number of allylic oxidation sites excluding steroid dienone is 1. The Hall–Kier alpha value is -3.35. The van der Waals surface area contributed by atoms with Gasteiger partial charge in [-0.1, -0.05) is 48.0 Å².